The van der Waals surface area contributed by atoms with Crippen LogP contribution in [0.2, 0.25) is 0 Å². The van der Waals surface area contributed by atoms with Crippen LogP contribution in [0.3, 0.4) is 0 Å². The summed E-state index contributed by atoms with van der Waals surface area (Å²) < 4.78 is 6.89. The molecule has 0 spiro atoms. The van der Waals surface area contributed by atoms with Gasteiger partial charge in [-0.25, -0.2) is 9.50 Å². The molecule has 0 bridgehead atoms. The van der Waals surface area contributed by atoms with Gasteiger partial charge in [0.15, 0.2) is 11.6 Å². The first-order chi connectivity index (χ1) is 10.3. The monoisotopic (exact) mass is 312 g/mol. The number of nitrogen functional groups attached to an aromatic ring is 1. The Kier molecular flexibility index (Phi) is 6.69. The minimum atomic E-state index is -1.50. The van der Waals surface area contributed by atoms with Gasteiger partial charge in [-0.3, -0.25) is 0 Å². The van der Waals surface area contributed by atoms with Crippen LogP contribution in [0.5, 0.6) is 0 Å². The van der Waals surface area contributed by atoms with Crippen LogP contribution in [-0.2, 0) is 11.2 Å². The number of methoxy groups -OCH3 is 1. The SMILES string of the molecule is CC(C)(O)O.COC(CO)CCc1ccc2c(N)ncnn12. The van der Waals surface area contributed by atoms with Crippen molar-refractivity contribution >= 4 is 11.3 Å². The van der Waals surface area contributed by atoms with Crippen LogP contribution in [0.25, 0.3) is 5.52 Å². The molecule has 2 aromatic rings. The van der Waals surface area contributed by atoms with Gasteiger partial charge in [0.05, 0.1) is 12.7 Å². The molecule has 0 aliphatic carbocycles. The van der Waals surface area contributed by atoms with Crippen LogP contribution in [-0.4, -0.2) is 55.5 Å². The first kappa shape index (κ1) is 18.3. The van der Waals surface area contributed by atoms with E-state index in [1.165, 1.54) is 20.2 Å². The smallest absolute Gasteiger partial charge is 0.156 e. The molecule has 0 aliphatic heterocycles. The minimum absolute atomic E-state index is 0.0247. The summed E-state index contributed by atoms with van der Waals surface area (Å²) in [7, 11) is 1.59. The van der Waals surface area contributed by atoms with Gasteiger partial charge in [0.1, 0.15) is 11.8 Å². The van der Waals surface area contributed by atoms with E-state index in [2.05, 4.69) is 10.1 Å². The number of nitrogens with two attached hydrogens (primary N) is 1. The predicted octanol–water partition coefficient (Wildman–Crippen LogP) is -0.0415. The fourth-order valence-electron chi connectivity index (χ4n) is 1.79. The third-order valence-electron chi connectivity index (χ3n) is 2.82. The number of hydrogen-bond acceptors (Lipinski definition) is 7. The Morgan fingerprint density at radius 1 is 1.36 bits per heavy atom. The molecular weight excluding hydrogens is 288 g/mol. The van der Waals surface area contributed by atoms with E-state index in [0.29, 0.717) is 5.82 Å². The quantitative estimate of drug-likeness (QED) is 0.571. The molecule has 0 fully saturated rings. The average Bonchev–Trinajstić information content (AvgIpc) is 2.83. The Morgan fingerprint density at radius 2 is 2.00 bits per heavy atom. The zero-order valence-electron chi connectivity index (χ0n) is 13.1. The summed E-state index contributed by atoms with van der Waals surface area (Å²) in [5.74, 6) is -1.03. The average molecular weight is 312 g/mol. The molecule has 22 heavy (non-hydrogen) atoms. The maximum Gasteiger partial charge on any atom is 0.156 e. The highest BCUT2D eigenvalue weighted by Crippen LogP contribution is 2.15. The third kappa shape index (κ3) is 5.94. The molecule has 0 amide bonds. The van der Waals surface area contributed by atoms with Gasteiger partial charge in [-0.05, 0) is 38.8 Å². The first-order valence-corrected chi connectivity index (χ1v) is 6.91. The van der Waals surface area contributed by atoms with E-state index in [9.17, 15) is 0 Å². The zero-order valence-corrected chi connectivity index (χ0v) is 13.1. The minimum Gasteiger partial charge on any atom is -0.394 e. The summed E-state index contributed by atoms with van der Waals surface area (Å²) in [4.78, 5) is 3.93. The van der Waals surface area contributed by atoms with Gasteiger partial charge >= 0.3 is 0 Å². The molecule has 5 N–H and O–H groups in total. The molecule has 0 aliphatic rings. The maximum absolute atomic E-state index is 9.03. The molecule has 124 valence electrons. The van der Waals surface area contributed by atoms with Crippen molar-refractivity contribution in [2.24, 2.45) is 0 Å². The fraction of sp³-hybridized carbons (Fsp3) is 0.571. The number of rotatable bonds is 5. The second kappa shape index (κ2) is 8.04. The van der Waals surface area contributed by atoms with Crippen molar-refractivity contribution in [3.8, 4) is 0 Å². The number of aromatic nitrogens is 3. The maximum atomic E-state index is 9.03. The highest BCUT2D eigenvalue weighted by molar-refractivity contribution is 5.65. The summed E-state index contributed by atoms with van der Waals surface area (Å²) >= 11 is 0. The lowest BCUT2D eigenvalue weighted by Crippen LogP contribution is -2.16. The Morgan fingerprint density at radius 3 is 2.55 bits per heavy atom. The van der Waals surface area contributed by atoms with Crippen molar-refractivity contribution in [3.63, 3.8) is 0 Å². The van der Waals surface area contributed by atoms with Crippen LogP contribution in [0.1, 0.15) is 26.0 Å². The normalized spacial score (nSPS) is 12.8. The van der Waals surface area contributed by atoms with Crippen LogP contribution < -0.4 is 5.73 Å². The number of aliphatic hydroxyl groups is 3. The highest BCUT2D eigenvalue weighted by atomic mass is 16.5. The van der Waals surface area contributed by atoms with Crippen LogP contribution >= 0.6 is 0 Å². The molecule has 0 saturated heterocycles. The van der Waals surface area contributed by atoms with Crippen LogP contribution in [0.4, 0.5) is 5.82 Å². The topological polar surface area (TPSA) is 126 Å². The van der Waals surface area contributed by atoms with E-state index in [4.69, 9.17) is 25.8 Å². The van der Waals surface area contributed by atoms with Gasteiger partial charge in [-0.2, -0.15) is 5.10 Å². The molecule has 0 aromatic carbocycles. The summed E-state index contributed by atoms with van der Waals surface area (Å²) in [5, 5.41) is 29.3. The molecule has 1 unspecified atom stereocenters. The molecule has 8 nitrogen and oxygen atoms in total. The number of hydrogen-bond donors (Lipinski definition) is 4. The van der Waals surface area contributed by atoms with E-state index >= 15 is 0 Å². The molecule has 2 aromatic heterocycles. The van der Waals surface area contributed by atoms with E-state index in [1.54, 1.807) is 11.6 Å². The zero-order chi connectivity index (χ0) is 16.8. The van der Waals surface area contributed by atoms with Gasteiger partial charge < -0.3 is 25.8 Å². The van der Waals surface area contributed by atoms with E-state index in [1.807, 2.05) is 12.1 Å². The van der Waals surface area contributed by atoms with E-state index in [-0.39, 0.29) is 12.7 Å². The largest absolute Gasteiger partial charge is 0.394 e. The summed E-state index contributed by atoms with van der Waals surface area (Å²) in [6, 6.07) is 3.86. The van der Waals surface area contributed by atoms with Crippen molar-refractivity contribution in [2.45, 2.75) is 38.6 Å². The second-order valence-corrected chi connectivity index (χ2v) is 5.34. The van der Waals surface area contributed by atoms with Crippen LogP contribution in [0, 0.1) is 0 Å². The van der Waals surface area contributed by atoms with Crippen molar-refractivity contribution in [1.29, 1.82) is 0 Å². The molecular formula is C14H24N4O4. The number of aliphatic hydroxyl groups excluding tert-OH is 1. The Hall–Kier alpha value is -1.74. The lowest BCUT2D eigenvalue weighted by atomic mass is 10.1. The summed E-state index contributed by atoms with van der Waals surface area (Å²) in [5.41, 5.74) is 7.58. The molecule has 2 rings (SSSR count). The molecule has 0 radical (unpaired) electrons. The highest BCUT2D eigenvalue weighted by Gasteiger charge is 2.10. The van der Waals surface area contributed by atoms with E-state index in [0.717, 1.165) is 24.1 Å². The lowest BCUT2D eigenvalue weighted by molar-refractivity contribution is -0.127. The van der Waals surface area contributed by atoms with Gasteiger partial charge in [0.2, 0.25) is 0 Å². The molecule has 8 heteroatoms. The van der Waals surface area contributed by atoms with Crippen LogP contribution in [0.15, 0.2) is 18.5 Å². The van der Waals surface area contributed by atoms with E-state index < -0.39 is 5.79 Å². The molecule has 2 heterocycles. The Balaban J connectivity index is 0.000000422. The lowest BCUT2D eigenvalue weighted by Gasteiger charge is -2.11. The van der Waals surface area contributed by atoms with Gasteiger partial charge in [-0.1, -0.05) is 0 Å². The Labute approximate surface area is 129 Å². The van der Waals surface area contributed by atoms with Crippen molar-refractivity contribution < 1.29 is 20.1 Å². The molecule has 0 saturated carbocycles. The summed E-state index contributed by atoms with van der Waals surface area (Å²) in [6.07, 6.45) is 2.80. The number of fused-ring (bicyclic) bond motifs is 1. The van der Waals surface area contributed by atoms with Gasteiger partial charge in [-0.15, -0.1) is 0 Å². The van der Waals surface area contributed by atoms with Crippen molar-refractivity contribution in [2.75, 3.05) is 19.5 Å². The number of ether oxygens (including phenoxy) is 1. The number of aryl methyl sites for hydroxylation is 1. The van der Waals surface area contributed by atoms with Crippen molar-refractivity contribution in [1.82, 2.24) is 14.6 Å². The number of nitrogens with zero attached hydrogens (tertiary/aromatic N) is 3. The van der Waals surface area contributed by atoms with Crippen molar-refractivity contribution in [3.05, 3.63) is 24.2 Å². The van der Waals surface area contributed by atoms with Gasteiger partial charge in [0.25, 0.3) is 0 Å². The van der Waals surface area contributed by atoms with Gasteiger partial charge in [0, 0.05) is 12.8 Å². The Bertz CT molecular complexity index is 570. The second-order valence-electron chi connectivity index (χ2n) is 5.34. The summed E-state index contributed by atoms with van der Waals surface area (Å²) in [6.45, 7) is 2.62. The molecule has 1 atom stereocenters. The number of anilines is 1. The first-order valence-electron chi connectivity index (χ1n) is 6.91. The predicted molar refractivity (Wildman–Crippen MR) is 82.1 cm³/mol. The fourth-order valence-corrected chi connectivity index (χ4v) is 1.79. The standard InChI is InChI=1S/C11H16N4O2.C3H8O2/c1-17-9(6-16)4-2-8-3-5-10-11(12)13-7-14-15(8)10;1-3(2,4)5/h3,5,7,9,16H,2,4,6H2,1H3,(H2,12,13,14);4-5H,1-2H3. The third-order valence-corrected chi connectivity index (χ3v) is 2.82.